The molecule has 3 rings (SSSR count). The molecule has 0 saturated heterocycles. The molecule has 1 heterocycles. The molecule has 6 nitrogen and oxygen atoms in total. The van der Waals surface area contributed by atoms with Gasteiger partial charge >= 0.3 is 11.9 Å². The highest BCUT2D eigenvalue weighted by Crippen LogP contribution is 2.58. The number of benzene rings is 1. The minimum atomic E-state index is -2.62. The van der Waals surface area contributed by atoms with Gasteiger partial charge in [0.05, 0.1) is 10.7 Å². The Labute approximate surface area is 211 Å². The fraction of sp³-hybridized carbons (Fsp3) is 0.500. The second kappa shape index (κ2) is 12.9. The Bertz CT molecular complexity index is 986. The zero-order chi connectivity index (χ0) is 25.3. The smallest absolute Gasteiger partial charge is 0.353 e. The van der Waals surface area contributed by atoms with Crippen LogP contribution in [0.1, 0.15) is 85.0 Å². The van der Waals surface area contributed by atoms with E-state index in [1.165, 1.54) is 0 Å². The minimum Gasteiger partial charge on any atom is -0.477 e. The molecule has 0 bridgehead atoms. The molecule has 2 atom stereocenters. The zero-order valence-corrected chi connectivity index (χ0v) is 22.1. The summed E-state index contributed by atoms with van der Waals surface area (Å²) >= 11 is 0. The summed E-state index contributed by atoms with van der Waals surface area (Å²) in [5.74, 6) is -1.04. The molecular formula is C28H40N2O4S. The average Bonchev–Trinajstić information content (AvgIpc) is 2.85. The third-order valence-corrected chi connectivity index (χ3v) is 9.35. The van der Waals surface area contributed by atoms with Gasteiger partial charge in [-0.25, -0.2) is 4.79 Å². The van der Waals surface area contributed by atoms with Crippen LogP contribution in [0.5, 0.6) is 0 Å². The van der Waals surface area contributed by atoms with Crippen LogP contribution in [-0.2, 0) is 13.8 Å². The van der Waals surface area contributed by atoms with E-state index in [4.69, 9.17) is 4.18 Å². The Morgan fingerprint density at radius 1 is 1.14 bits per heavy atom. The summed E-state index contributed by atoms with van der Waals surface area (Å²) in [6.45, 7) is 6.06. The van der Waals surface area contributed by atoms with Crippen molar-refractivity contribution < 1.29 is 18.9 Å². The van der Waals surface area contributed by atoms with Gasteiger partial charge < -0.3 is 9.29 Å². The van der Waals surface area contributed by atoms with Gasteiger partial charge in [0, 0.05) is 17.0 Å². The summed E-state index contributed by atoms with van der Waals surface area (Å²) < 4.78 is 12.7. The molecule has 35 heavy (non-hydrogen) atoms. The number of carboxylic acids is 1. The molecule has 0 aromatic heterocycles. The van der Waals surface area contributed by atoms with Crippen molar-refractivity contribution in [3.05, 3.63) is 64.2 Å². The van der Waals surface area contributed by atoms with Crippen LogP contribution < -0.4 is 9.44 Å². The molecular weight excluding hydrogens is 460 g/mol. The highest BCUT2D eigenvalue weighted by atomic mass is 32.3. The highest BCUT2D eigenvalue weighted by Gasteiger charge is 2.40. The summed E-state index contributed by atoms with van der Waals surface area (Å²) in [5, 5.41) is 10.2. The molecule has 0 fully saturated rings. The maximum Gasteiger partial charge on any atom is 0.353 e. The first-order valence-electron chi connectivity index (χ1n) is 12.8. The van der Waals surface area contributed by atoms with Gasteiger partial charge in [0.15, 0.2) is 0 Å². The molecule has 0 amide bonds. The van der Waals surface area contributed by atoms with E-state index in [0.717, 1.165) is 73.1 Å². The number of allylic oxidation sites excluding steroid dienone is 5. The van der Waals surface area contributed by atoms with Gasteiger partial charge in [-0.3, -0.25) is 14.2 Å². The number of unbranched alkanes of at least 4 members (excludes halogenated alkanes) is 4. The van der Waals surface area contributed by atoms with E-state index in [1.54, 1.807) is 0 Å². The summed E-state index contributed by atoms with van der Waals surface area (Å²) in [4.78, 5) is 26.3. The van der Waals surface area contributed by atoms with Crippen molar-refractivity contribution in [2.45, 2.75) is 85.0 Å². The number of hydrogen-bond acceptors (Lipinski definition) is 5. The first kappa shape index (κ1) is 26.9. The SMILES string of the molecule is CCCCCCCC(=O)OS1(Nc2ccccc2)NC(C(=O)O)=C(CC2C=CCCC2)C(C)=C1C. The Morgan fingerprint density at radius 2 is 1.89 bits per heavy atom. The largest absolute Gasteiger partial charge is 0.477 e. The van der Waals surface area contributed by atoms with E-state index in [0.29, 0.717) is 18.8 Å². The molecule has 1 aromatic carbocycles. The highest BCUT2D eigenvalue weighted by molar-refractivity contribution is 8.32. The minimum absolute atomic E-state index is 0.126. The van der Waals surface area contributed by atoms with Gasteiger partial charge in [0.1, 0.15) is 5.70 Å². The van der Waals surface area contributed by atoms with E-state index in [9.17, 15) is 14.7 Å². The number of carbonyl (C=O) groups is 2. The first-order chi connectivity index (χ1) is 16.9. The molecule has 0 spiro atoms. The van der Waals surface area contributed by atoms with Crippen LogP contribution in [0.2, 0.25) is 0 Å². The van der Waals surface area contributed by atoms with Crippen molar-refractivity contribution in [3.8, 4) is 0 Å². The normalized spacial score (nSPS) is 23.9. The van der Waals surface area contributed by atoms with E-state index in [-0.39, 0.29) is 11.7 Å². The third-order valence-electron chi connectivity index (χ3n) is 6.73. The second-order valence-electron chi connectivity index (χ2n) is 9.41. The average molecular weight is 501 g/mol. The van der Waals surface area contributed by atoms with E-state index in [1.807, 2.05) is 44.2 Å². The van der Waals surface area contributed by atoms with Crippen LogP contribution in [-0.4, -0.2) is 17.0 Å². The van der Waals surface area contributed by atoms with Crippen LogP contribution in [0.3, 0.4) is 0 Å². The lowest BCUT2D eigenvalue weighted by atomic mass is 9.87. The molecule has 3 N–H and O–H groups in total. The Balaban J connectivity index is 1.90. The Kier molecular flexibility index (Phi) is 9.90. The summed E-state index contributed by atoms with van der Waals surface area (Å²) in [7, 11) is -2.62. The fourth-order valence-electron chi connectivity index (χ4n) is 4.57. The van der Waals surface area contributed by atoms with Gasteiger partial charge in [0.25, 0.3) is 0 Å². The van der Waals surface area contributed by atoms with Crippen molar-refractivity contribution in [2.24, 2.45) is 5.92 Å². The number of carboxylic acid groups (broad SMARTS) is 1. The maximum atomic E-state index is 13.0. The predicted octanol–water partition coefficient (Wildman–Crippen LogP) is 7.53. The zero-order valence-electron chi connectivity index (χ0n) is 21.3. The van der Waals surface area contributed by atoms with Crippen molar-refractivity contribution in [3.63, 3.8) is 0 Å². The fourth-order valence-corrected chi connectivity index (χ4v) is 7.02. The van der Waals surface area contributed by atoms with Crippen molar-refractivity contribution in [1.82, 2.24) is 4.72 Å². The van der Waals surface area contributed by atoms with E-state index < -0.39 is 16.7 Å². The number of carbonyl (C=O) groups excluding carboxylic acids is 1. The first-order valence-corrected chi connectivity index (χ1v) is 14.4. The van der Waals surface area contributed by atoms with Gasteiger partial charge in [-0.1, -0.05) is 63.0 Å². The van der Waals surface area contributed by atoms with Crippen LogP contribution in [0, 0.1) is 5.92 Å². The van der Waals surface area contributed by atoms with Gasteiger partial charge in [-0.15, -0.1) is 0 Å². The van der Waals surface area contributed by atoms with Crippen LogP contribution in [0.4, 0.5) is 5.69 Å². The number of rotatable bonds is 12. The quantitative estimate of drug-likeness (QED) is 0.203. The standard InChI is InChI=1S/C28H40N2O4S/c1-4-5-6-7-14-19-26(31)34-35(29-24-17-12-9-13-18-24)22(3)21(2)25(27(30-35)28(32)33)20-23-15-10-8-11-16-23/h9-10,12-13,15,17-18,23,29-30H,4-8,11,14,16,19-20H2,1-3H3,(H,32,33). The second-order valence-corrected chi connectivity index (χ2v) is 11.7. The van der Waals surface area contributed by atoms with Crippen molar-refractivity contribution in [2.75, 3.05) is 4.72 Å². The Morgan fingerprint density at radius 3 is 2.54 bits per heavy atom. The summed E-state index contributed by atoms with van der Waals surface area (Å²) in [5.41, 5.74) is 2.57. The molecule has 192 valence electrons. The molecule has 2 aliphatic rings. The van der Waals surface area contributed by atoms with Crippen LogP contribution in [0.15, 0.2) is 64.2 Å². The number of anilines is 1. The molecule has 1 aliphatic heterocycles. The maximum absolute atomic E-state index is 13.0. The van der Waals surface area contributed by atoms with Crippen LogP contribution >= 0.6 is 10.7 Å². The number of hydrogen-bond donors (Lipinski definition) is 3. The molecule has 1 aromatic rings. The molecule has 0 saturated carbocycles. The van der Waals surface area contributed by atoms with Crippen molar-refractivity contribution in [1.29, 1.82) is 0 Å². The van der Waals surface area contributed by atoms with Gasteiger partial charge in [-0.05, 0) is 75.1 Å². The predicted molar refractivity (Wildman–Crippen MR) is 144 cm³/mol. The van der Waals surface area contributed by atoms with E-state index >= 15 is 0 Å². The van der Waals surface area contributed by atoms with E-state index in [2.05, 4.69) is 28.5 Å². The molecule has 7 heteroatoms. The Hall–Kier alpha value is -2.67. The van der Waals surface area contributed by atoms with Gasteiger partial charge in [-0.2, -0.15) is 0 Å². The number of para-hydroxylation sites is 1. The number of nitrogens with one attached hydrogen (secondary N) is 2. The molecule has 0 radical (unpaired) electrons. The van der Waals surface area contributed by atoms with Crippen LogP contribution in [0.25, 0.3) is 0 Å². The van der Waals surface area contributed by atoms with Crippen molar-refractivity contribution >= 4 is 28.3 Å². The topological polar surface area (TPSA) is 87.7 Å². The lowest BCUT2D eigenvalue weighted by Crippen LogP contribution is -2.38. The monoisotopic (exact) mass is 500 g/mol. The lowest BCUT2D eigenvalue weighted by Gasteiger charge is -2.45. The third kappa shape index (κ3) is 7.17. The molecule has 1 aliphatic carbocycles. The van der Waals surface area contributed by atoms with Gasteiger partial charge in [0.2, 0.25) is 0 Å². The molecule has 2 unspecified atom stereocenters. The number of aliphatic carboxylic acids is 1. The lowest BCUT2D eigenvalue weighted by molar-refractivity contribution is -0.135. The summed E-state index contributed by atoms with van der Waals surface area (Å²) in [6.07, 6.45) is 13.8. The summed E-state index contributed by atoms with van der Waals surface area (Å²) in [6, 6.07) is 9.49.